The van der Waals surface area contributed by atoms with Crippen molar-refractivity contribution in [3.8, 4) is 5.75 Å². The first kappa shape index (κ1) is 18.8. The Balaban J connectivity index is 1.59. The minimum absolute atomic E-state index is 0.0835. The van der Waals surface area contributed by atoms with E-state index in [1.54, 1.807) is 4.90 Å². The summed E-state index contributed by atoms with van der Waals surface area (Å²) in [5.74, 6) is -1.44. The first-order chi connectivity index (χ1) is 12.3. The summed E-state index contributed by atoms with van der Waals surface area (Å²) in [5, 5.41) is 20.9. The fraction of sp³-hybridized carbons (Fsp3) is 0.556. The first-order valence-corrected chi connectivity index (χ1v) is 9.14. The van der Waals surface area contributed by atoms with Gasteiger partial charge in [0.05, 0.1) is 10.6 Å². The fourth-order valence-corrected chi connectivity index (χ4v) is 4.31. The molecule has 1 aliphatic carbocycles. The monoisotopic (exact) mass is 384 g/mol. The average molecular weight is 385 g/mol. The van der Waals surface area contributed by atoms with Crippen LogP contribution in [0.3, 0.4) is 0 Å². The van der Waals surface area contributed by atoms with Crippen molar-refractivity contribution in [2.75, 3.05) is 6.54 Å². The number of amides is 2. The molecule has 8 heteroatoms. The quantitative estimate of drug-likeness (QED) is 0.739. The molecule has 1 aromatic carbocycles. The summed E-state index contributed by atoms with van der Waals surface area (Å²) in [6.45, 7) is 2.69. The van der Waals surface area contributed by atoms with Crippen molar-refractivity contribution in [3.05, 3.63) is 28.0 Å². The predicted octanol–water partition coefficient (Wildman–Crippen LogP) is 3.60. The molecule has 1 aromatic rings. The van der Waals surface area contributed by atoms with Crippen LogP contribution in [0, 0.1) is 17.7 Å². The molecule has 2 amide bonds. The van der Waals surface area contributed by atoms with Crippen molar-refractivity contribution in [2.24, 2.45) is 11.8 Å². The summed E-state index contributed by atoms with van der Waals surface area (Å²) in [7, 11) is 0. The van der Waals surface area contributed by atoms with Gasteiger partial charge in [0.15, 0.2) is 11.6 Å². The molecule has 1 fully saturated rings. The number of nitrogens with zero attached hydrogens (tertiary/aromatic N) is 1. The highest BCUT2D eigenvalue weighted by Gasteiger charge is 2.35. The van der Waals surface area contributed by atoms with Crippen molar-refractivity contribution in [1.82, 2.24) is 10.2 Å². The molecule has 0 radical (unpaired) electrons. The summed E-state index contributed by atoms with van der Waals surface area (Å²) < 4.78 is 14.2. The van der Waals surface area contributed by atoms with E-state index in [9.17, 15) is 19.1 Å². The van der Waals surface area contributed by atoms with Gasteiger partial charge in [0, 0.05) is 19.1 Å². The third-order valence-electron chi connectivity index (χ3n) is 5.57. The number of hydrogen-bond donors (Lipinski definition) is 3. The van der Waals surface area contributed by atoms with Crippen molar-refractivity contribution in [1.29, 1.82) is 0 Å². The Morgan fingerprint density at radius 1 is 1.42 bits per heavy atom. The van der Waals surface area contributed by atoms with Gasteiger partial charge < -0.3 is 20.4 Å². The Hall–Kier alpha value is -2.02. The van der Waals surface area contributed by atoms with Gasteiger partial charge in [0.2, 0.25) is 0 Å². The lowest BCUT2D eigenvalue weighted by Gasteiger charge is -2.33. The second kappa shape index (κ2) is 7.31. The number of rotatable bonds is 4. The fourth-order valence-electron chi connectivity index (χ4n) is 4.09. The lowest BCUT2D eigenvalue weighted by molar-refractivity contribution is 0.0720. The Morgan fingerprint density at radius 3 is 2.69 bits per heavy atom. The van der Waals surface area contributed by atoms with Crippen LogP contribution in [0.2, 0.25) is 5.02 Å². The average Bonchev–Trinajstić information content (AvgIpc) is 2.88. The minimum Gasteiger partial charge on any atom is -0.504 e. The molecule has 142 valence electrons. The number of aromatic hydroxyl groups is 1. The van der Waals surface area contributed by atoms with Gasteiger partial charge in [-0.15, -0.1) is 0 Å². The third-order valence-corrected chi connectivity index (χ3v) is 5.85. The van der Waals surface area contributed by atoms with Gasteiger partial charge in [-0.3, -0.25) is 4.79 Å². The van der Waals surface area contributed by atoms with Gasteiger partial charge >= 0.3 is 6.09 Å². The van der Waals surface area contributed by atoms with Gasteiger partial charge in [-0.1, -0.05) is 11.6 Å². The third kappa shape index (κ3) is 3.58. The van der Waals surface area contributed by atoms with E-state index in [1.807, 2.05) is 6.92 Å². The van der Waals surface area contributed by atoms with E-state index in [2.05, 4.69) is 5.32 Å². The summed E-state index contributed by atoms with van der Waals surface area (Å²) in [5.41, 5.74) is 0.420. The summed E-state index contributed by atoms with van der Waals surface area (Å²) in [6.07, 6.45) is 2.56. The van der Waals surface area contributed by atoms with E-state index in [0.29, 0.717) is 30.5 Å². The molecule has 2 aliphatic rings. The van der Waals surface area contributed by atoms with Gasteiger partial charge in [-0.25, -0.2) is 9.18 Å². The van der Waals surface area contributed by atoms with Crippen LogP contribution in [-0.2, 0) is 6.54 Å². The van der Waals surface area contributed by atoms with Gasteiger partial charge in [-0.2, -0.15) is 0 Å². The Kier molecular flexibility index (Phi) is 5.27. The Bertz CT molecular complexity index is 734. The van der Waals surface area contributed by atoms with Crippen LogP contribution in [0.4, 0.5) is 9.18 Å². The maximum Gasteiger partial charge on any atom is 0.404 e. The number of carbonyl (C=O) groups excluding carboxylic acids is 1. The molecule has 6 nitrogen and oxygen atoms in total. The Labute approximate surface area is 155 Å². The van der Waals surface area contributed by atoms with E-state index in [1.165, 1.54) is 6.07 Å². The van der Waals surface area contributed by atoms with E-state index in [0.717, 1.165) is 25.7 Å². The molecule has 26 heavy (non-hydrogen) atoms. The zero-order valence-electron chi connectivity index (χ0n) is 14.5. The van der Waals surface area contributed by atoms with Crippen LogP contribution in [0.15, 0.2) is 6.07 Å². The second-order valence-corrected chi connectivity index (χ2v) is 7.67. The Morgan fingerprint density at radius 2 is 2.08 bits per heavy atom. The van der Waals surface area contributed by atoms with Crippen molar-refractivity contribution >= 4 is 23.6 Å². The highest BCUT2D eigenvalue weighted by molar-refractivity contribution is 6.32. The van der Waals surface area contributed by atoms with Crippen LogP contribution in [-0.4, -0.2) is 39.7 Å². The zero-order valence-corrected chi connectivity index (χ0v) is 15.2. The molecular formula is C18H22ClFN2O4. The summed E-state index contributed by atoms with van der Waals surface area (Å²) in [4.78, 5) is 24.9. The molecule has 1 heterocycles. The topological polar surface area (TPSA) is 89.9 Å². The molecule has 3 N–H and O–H groups in total. The summed E-state index contributed by atoms with van der Waals surface area (Å²) >= 11 is 5.80. The number of nitrogens with one attached hydrogen (secondary N) is 1. The maximum atomic E-state index is 14.2. The highest BCUT2D eigenvalue weighted by atomic mass is 35.5. The van der Waals surface area contributed by atoms with E-state index < -0.39 is 23.6 Å². The molecule has 1 aliphatic heterocycles. The second-order valence-electron chi connectivity index (χ2n) is 7.26. The van der Waals surface area contributed by atoms with E-state index >= 15 is 0 Å². The van der Waals surface area contributed by atoms with Crippen molar-refractivity contribution in [2.45, 2.75) is 45.2 Å². The molecule has 1 saturated carbocycles. The molecule has 3 rings (SSSR count). The van der Waals surface area contributed by atoms with Crippen LogP contribution in [0.1, 0.15) is 48.5 Å². The normalized spacial score (nSPS) is 23.7. The smallest absolute Gasteiger partial charge is 0.404 e. The van der Waals surface area contributed by atoms with Gasteiger partial charge in [-0.05, 0) is 56.1 Å². The lowest BCUT2D eigenvalue weighted by atomic mass is 9.78. The summed E-state index contributed by atoms with van der Waals surface area (Å²) in [6, 6.07) is 1.36. The number of phenols is 1. The standard InChI is InChI=1S/C18H22ClFN2O4/c1-9(21-18(25)26)11-4-2-10(3-5-11)7-22-8-12-6-13(19)16(23)15(20)14(12)17(22)24/h6,9-11,21,23H,2-5,7-8H2,1H3,(H,25,26). The number of carboxylic acid groups (broad SMARTS) is 1. The number of fused-ring (bicyclic) bond motifs is 1. The van der Waals surface area contributed by atoms with Crippen molar-refractivity contribution < 1.29 is 24.2 Å². The molecule has 1 atom stereocenters. The first-order valence-electron chi connectivity index (χ1n) is 8.76. The zero-order chi connectivity index (χ0) is 19.0. The number of benzene rings is 1. The van der Waals surface area contributed by atoms with Gasteiger partial charge in [0.1, 0.15) is 0 Å². The van der Waals surface area contributed by atoms with Gasteiger partial charge in [0.25, 0.3) is 5.91 Å². The number of carbonyl (C=O) groups is 2. The number of halogens is 2. The van der Waals surface area contributed by atoms with Crippen LogP contribution in [0.5, 0.6) is 5.75 Å². The highest BCUT2D eigenvalue weighted by Crippen LogP contribution is 2.37. The predicted molar refractivity (Wildman–Crippen MR) is 93.9 cm³/mol. The van der Waals surface area contributed by atoms with E-state index in [4.69, 9.17) is 16.7 Å². The maximum absolute atomic E-state index is 14.2. The molecule has 0 aromatic heterocycles. The van der Waals surface area contributed by atoms with Crippen molar-refractivity contribution in [3.63, 3.8) is 0 Å². The molecule has 1 unspecified atom stereocenters. The number of phenolic OH excluding ortho intramolecular Hbond substituents is 1. The minimum atomic E-state index is -1.01. The largest absolute Gasteiger partial charge is 0.504 e. The molecular weight excluding hydrogens is 363 g/mol. The molecule has 0 saturated heterocycles. The van der Waals surface area contributed by atoms with Crippen LogP contribution < -0.4 is 5.32 Å². The van der Waals surface area contributed by atoms with Crippen LogP contribution >= 0.6 is 11.6 Å². The molecule has 0 bridgehead atoms. The van der Waals surface area contributed by atoms with E-state index in [-0.39, 0.29) is 16.6 Å². The SMILES string of the molecule is CC(NC(=O)O)C1CCC(CN2Cc3cc(Cl)c(O)c(F)c3C2=O)CC1. The lowest BCUT2D eigenvalue weighted by Crippen LogP contribution is -2.40. The molecule has 0 spiro atoms. The van der Waals surface area contributed by atoms with Crippen LogP contribution in [0.25, 0.3) is 0 Å². The number of hydrogen-bond acceptors (Lipinski definition) is 3.